The number of nitrogens with one attached hydrogen (secondary N) is 2. The lowest BCUT2D eigenvalue weighted by Gasteiger charge is -2.10. The summed E-state index contributed by atoms with van der Waals surface area (Å²) >= 11 is 11.9. The molecular formula is C15H15Cl2N3O. The normalized spacial score (nSPS) is 10.5. The molecular weight excluding hydrogens is 309 g/mol. The van der Waals surface area contributed by atoms with E-state index in [0.29, 0.717) is 15.9 Å². The minimum atomic E-state index is -0.0857. The van der Waals surface area contributed by atoms with E-state index < -0.39 is 0 Å². The van der Waals surface area contributed by atoms with Gasteiger partial charge in [-0.3, -0.25) is 4.79 Å². The highest BCUT2D eigenvalue weighted by molar-refractivity contribution is 6.36. The van der Waals surface area contributed by atoms with Gasteiger partial charge in [0, 0.05) is 10.9 Å². The van der Waals surface area contributed by atoms with Crippen LogP contribution in [0.3, 0.4) is 0 Å². The zero-order valence-electron chi connectivity index (χ0n) is 11.7. The third kappa shape index (κ3) is 4.34. The molecule has 0 radical (unpaired) electrons. The molecule has 0 atom stereocenters. The Morgan fingerprint density at radius 3 is 2.52 bits per heavy atom. The highest BCUT2D eigenvalue weighted by Crippen LogP contribution is 2.28. The van der Waals surface area contributed by atoms with Crippen molar-refractivity contribution in [1.29, 1.82) is 0 Å². The standard InChI is InChI=1S/C15H15Cl2N3O/c1-9(2)15(21)20-14-6-4-11(8-18-14)19-13-5-3-10(16)7-12(13)17/h3-9,19H,1-2H3,(H,18,20,21). The number of carbonyl (C=O) groups is 1. The lowest BCUT2D eigenvalue weighted by Crippen LogP contribution is -2.18. The van der Waals surface area contributed by atoms with Crippen LogP contribution in [-0.4, -0.2) is 10.9 Å². The molecule has 1 amide bonds. The van der Waals surface area contributed by atoms with Crippen LogP contribution < -0.4 is 10.6 Å². The number of carbonyl (C=O) groups excluding carboxylic acids is 1. The van der Waals surface area contributed by atoms with Crippen LogP contribution in [0.2, 0.25) is 10.0 Å². The zero-order chi connectivity index (χ0) is 15.4. The molecule has 110 valence electrons. The zero-order valence-corrected chi connectivity index (χ0v) is 13.2. The Balaban J connectivity index is 2.07. The van der Waals surface area contributed by atoms with Crippen LogP contribution >= 0.6 is 23.2 Å². The van der Waals surface area contributed by atoms with Crippen molar-refractivity contribution in [2.45, 2.75) is 13.8 Å². The SMILES string of the molecule is CC(C)C(=O)Nc1ccc(Nc2ccc(Cl)cc2Cl)cn1. The predicted octanol–water partition coefficient (Wildman–Crippen LogP) is 4.73. The summed E-state index contributed by atoms with van der Waals surface area (Å²) in [5.41, 5.74) is 1.50. The van der Waals surface area contributed by atoms with E-state index in [9.17, 15) is 4.79 Å². The van der Waals surface area contributed by atoms with Gasteiger partial charge in [0.05, 0.1) is 22.6 Å². The van der Waals surface area contributed by atoms with Gasteiger partial charge in [-0.05, 0) is 30.3 Å². The van der Waals surface area contributed by atoms with E-state index >= 15 is 0 Å². The van der Waals surface area contributed by atoms with Gasteiger partial charge in [0.1, 0.15) is 5.82 Å². The Labute approximate surface area is 133 Å². The third-order valence-corrected chi connectivity index (χ3v) is 3.30. The largest absolute Gasteiger partial charge is 0.353 e. The van der Waals surface area contributed by atoms with Crippen LogP contribution in [0.15, 0.2) is 36.5 Å². The molecule has 6 heteroatoms. The molecule has 0 fully saturated rings. The fourth-order valence-corrected chi connectivity index (χ4v) is 2.01. The van der Waals surface area contributed by atoms with Gasteiger partial charge in [-0.15, -0.1) is 0 Å². The van der Waals surface area contributed by atoms with Crippen LogP contribution in [0.25, 0.3) is 0 Å². The van der Waals surface area contributed by atoms with Crippen LogP contribution in [0.5, 0.6) is 0 Å². The average molecular weight is 324 g/mol. The summed E-state index contributed by atoms with van der Waals surface area (Å²) in [7, 11) is 0. The van der Waals surface area contributed by atoms with Crippen molar-refractivity contribution in [3.63, 3.8) is 0 Å². The first-order chi connectivity index (χ1) is 9.95. The highest BCUT2D eigenvalue weighted by Gasteiger charge is 2.08. The minimum absolute atomic E-state index is 0.0658. The number of hydrogen-bond acceptors (Lipinski definition) is 3. The molecule has 1 aromatic carbocycles. The summed E-state index contributed by atoms with van der Waals surface area (Å²) in [5.74, 6) is 0.364. The summed E-state index contributed by atoms with van der Waals surface area (Å²) in [5, 5.41) is 6.97. The smallest absolute Gasteiger partial charge is 0.228 e. The molecule has 2 N–H and O–H groups in total. The molecule has 4 nitrogen and oxygen atoms in total. The van der Waals surface area contributed by atoms with E-state index in [1.54, 1.807) is 30.5 Å². The molecule has 1 aromatic heterocycles. The molecule has 0 saturated heterocycles. The van der Waals surface area contributed by atoms with Crippen molar-refractivity contribution in [2.75, 3.05) is 10.6 Å². The average Bonchev–Trinajstić information content (AvgIpc) is 2.43. The Bertz CT molecular complexity index is 642. The molecule has 0 aliphatic rings. The summed E-state index contributed by atoms with van der Waals surface area (Å²) in [4.78, 5) is 15.7. The molecule has 0 spiro atoms. The summed E-state index contributed by atoms with van der Waals surface area (Å²) < 4.78 is 0. The van der Waals surface area contributed by atoms with E-state index in [1.165, 1.54) is 0 Å². The summed E-state index contributed by atoms with van der Waals surface area (Å²) in [6.45, 7) is 3.65. The number of halogens is 2. The van der Waals surface area contributed by atoms with E-state index in [1.807, 2.05) is 19.9 Å². The number of aromatic nitrogens is 1. The second-order valence-corrected chi connectivity index (χ2v) is 5.67. The van der Waals surface area contributed by atoms with Crippen LogP contribution in [0.1, 0.15) is 13.8 Å². The van der Waals surface area contributed by atoms with Crippen LogP contribution in [0.4, 0.5) is 17.2 Å². The quantitative estimate of drug-likeness (QED) is 0.855. The van der Waals surface area contributed by atoms with Gasteiger partial charge in [-0.25, -0.2) is 4.98 Å². The number of amides is 1. The Morgan fingerprint density at radius 2 is 1.95 bits per heavy atom. The summed E-state index contributed by atoms with van der Waals surface area (Å²) in [6.07, 6.45) is 1.63. The van der Waals surface area contributed by atoms with Crippen molar-refractivity contribution in [3.05, 3.63) is 46.6 Å². The minimum Gasteiger partial charge on any atom is -0.353 e. The molecule has 1 heterocycles. The Hall–Kier alpha value is -1.78. The van der Waals surface area contributed by atoms with Gasteiger partial charge in [0.25, 0.3) is 0 Å². The first-order valence-electron chi connectivity index (χ1n) is 6.44. The second kappa shape index (κ2) is 6.78. The fourth-order valence-electron chi connectivity index (χ4n) is 1.56. The molecule has 0 bridgehead atoms. The van der Waals surface area contributed by atoms with E-state index in [2.05, 4.69) is 15.6 Å². The maximum atomic E-state index is 11.6. The third-order valence-electron chi connectivity index (χ3n) is 2.75. The van der Waals surface area contributed by atoms with Gasteiger partial charge < -0.3 is 10.6 Å². The van der Waals surface area contributed by atoms with Crippen LogP contribution in [0, 0.1) is 5.92 Å². The monoisotopic (exact) mass is 323 g/mol. The first-order valence-corrected chi connectivity index (χ1v) is 7.20. The molecule has 0 aliphatic heterocycles. The molecule has 0 aliphatic carbocycles. The van der Waals surface area contributed by atoms with Gasteiger partial charge in [-0.2, -0.15) is 0 Å². The Kier molecular flexibility index (Phi) is 5.04. The number of hydrogen-bond donors (Lipinski definition) is 2. The molecule has 21 heavy (non-hydrogen) atoms. The van der Waals surface area contributed by atoms with E-state index in [-0.39, 0.29) is 11.8 Å². The highest BCUT2D eigenvalue weighted by atomic mass is 35.5. The molecule has 0 unspecified atom stereocenters. The maximum Gasteiger partial charge on any atom is 0.228 e. The number of anilines is 3. The van der Waals surface area contributed by atoms with Crippen molar-refractivity contribution in [2.24, 2.45) is 5.92 Å². The maximum absolute atomic E-state index is 11.6. The van der Waals surface area contributed by atoms with E-state index in [4.69, 9.17) is 23.2 Å². The van der Waals surface area contributed by atoms with Crippen molar-refractivity contribution >= 4 is 46.3 Å². The number of pyridine rings is 1. The molecule has 0 saturated carbocycles. The van der Waals surface area contributed by atoms with Crippen molar-refractivity contribution < 1.29 is 4.79 Å². The molecule has 2 aromatic rings. The van der Waals surface area contributed by atoms with Crippen molar-refractivity contribution in [1.82, 2.24) is 4.98 Å². The molecule has 2 rings (SSSR count). The van der Waals surface area contributed by atoms with Gasteiger partial charge in [0.15, 0.2) is 0 Å². The topological polar surface area (TPSA) is 54.0 Å². The first kappa shape index (κ1) is 15.6. The van der Waals surface area contributed by atoms with Crippen LogP contribution in [-0.2, 0) is 4.79 Å². The summed E-state index contributed by atoms with van der Waals surface area (Å²) in [6, 6.07) is 8.75. The number of benzene rings is 1. The fraction of sp³-hybridized carbons (Fsp3) is 0.200. The van der Waals surface area contributed by atoms with Gasteiger partial charge >= 0.3 is 0 Å². The number of rotatable bonds is 4. The number of nitrogens with zero attached hydrogens (tertiary/aromatic N) is 1. The lowest BCUT2D eigenvalue weighted by molar-refractivity contribution is -0.118. The van der Waals surface area contributed by atoms with Crippen molar-refractivity contribution in [3.8, 4) is 0 Å². The van der Waals surface area contributed by atoms with E-state index in [0.717, 1.165) is 11.4 Å². The lowest BCUT2D eigenvalue weighted by atomic mass is 10.2. The Morgan fingerprint density at radius 1 is 1.19 bits per heavy atom. The second-order valence-electron chi connectivity index (χ2n) is 4.83. The van der Waals surface area contributed by atoms with Gasteiger partial charge in [-0.1, -0.05) is 37.0 Å². The van der Waals surface area contributed by atoms with Gasteiger partial charge in [0.2, 0.25) is 5.91 Å². The predicted molar refractivity (Wildman–Crippen MR) is 87.4 cm³/mol.